The van der Waals surface area contributed by atoms with Gasteiger partial charge in [-0.1, -0.05) is 40.0 Å². The van der Waals surface area contributed by atoms with Crippen LogP contribution in [0, 0.1) is 5.92 Å². The van der Waals surface area contributed by atoms with Crippen molar-refractivity contribution in [3.63, 3.8) is 0 Å². The summed E-state index contributed by atoms with van der Waals surface area (Å²) in [6.07, 6.45) is 4.50. The fraction of sp³-hybridized carbons (Fsp3) is 0.417. The van der Waals surface area contributed by atoms with Gasteiger partial charge in [0.15, 0.2) is 0 Å². The maximum Gasteiger partial charge on any atom is 0.226 e. The highest BCUT2D eigenvalue weighted by Gasteiger charge is 2.06. The molecule has 0 aromatic rings. The van der Waals surface area contributed by atoms with Gasteiger partial charge in [0.1, 0.15) is 0 Å². The molecule has 0 spiro atoms. The molecule has 78 valence electrons. The lowest BCUT2D eigenvalue weighted by Crippen LogP contribution is -2.25. The Kier molecular flexibility index (Phi) is 5.61. The van der Waals surface area contributed by atoms with Crippen LogP contribution in [0.3, 0.4) is 0 Å². The minimum absolute atomic E-state index is 0.00855. The van der Waals surface area contributed by atoms with Gasteiger partial charge in [0, 0.05) is 11.6 Å². The summed E-state index contributed by atoms with van der Waals surface area (Å²) in [6, 6.07) is 0. The SMILES string of the molecule is C=C/C(=C\C(=C)NC(=O)C(C)C)CC. The molecular weight excluding hydrogens is 174 g/mol. The van der Waals surface area contributed by atoms with Crippen molar-refractivity contribution in [2.45, 2.75) is 27.2 Å². The first kappa shape index (κ1) is 12.7. The third-order valence-corrected chi connectivity index (χ3v) is 1.84. The summed E-state index contributed by atoms with van der Waals surface area (Å²) in [5.74, 6) is -0.0280. The monoisotopic (exact) mass is 193 g/mol. The van der Waals surface area contributed by atoms with Gasteiger partial charge in [-0.2, -0.15) is 0 Å². The fourth-order valence-electron chi connectivity index (χ4n) is 0.868. The zero-order valence-electron chi connectivity index (χ0n) is 9.26. The topological polar surface area (TPSA) is 29.1 Å². The molecule has 0 aromatic carbocycles. The van der Waals surface area contributed by atoms with Crippen LogP contribution in [-0.2, 0) is 4.79 Å². The van der Waals surface area contributed by atoms with Crippen molar-refractivity contribution in [2.75, 3.05) is 0 Å². The Hall–Kier alpha value is -1.31. The maximum atomic E-state index is 11.3. The summed E-state index contributed by atoms with van der Waals surface area (Å²) in [4.78, 5) is 11.3. The lowest BCUT2D eigenvalue weighted by molar-refractivity contribution is -0.123. The van der Waals surface area contributed by atoms with Crippen molar-refractivity contribution >= 4 is 5.91 Å². The summed E-state index contributed by atoms with van der Waals surface area (Å²) >= 11 is 0. The van der Waals surface area contributed by atoms with Crippen LogP contribution in [0.1, 0.15) is 27.2 Å². The Labute approximate surface area is 86.4 Å². The Morgan fingerprint density at radius 3 is 2.43 bits per heavy atom. The molecule has 2 heteroatoms. The number of nitrogens with one attached hydrogen (secondary N) is 1. The minimum Gasteiger partial charge on any atom is -0.326 e. The second kappa shape index (κ2) is 6.19. The van der Waals surface area contributed by atoms with E-state index in [1.165, 1.54) is 0 Å². The van der Waals surface area contributed by atoms with Crippen LogP contribution < -0.4 is 5.32 Å². The van der Waals surface area contributed by atoms with Crippen molar-refractivity contribution in [2.24, 2.45) is 5.92 Å². The molecule has 0 saturated heterocycles. The first-order valence-electron chi connectivity index (χ1n) is 4.84. The van der Waals surface area contributed by atoms with Gasteiger partial charge in [-0.15, -0.1) is 0 Å². The van der Waals surface area contributed by atoms with Crippen LogP contribution in [0.2, 0.25) is 0 Å². The largest absolute Gasteiger partial charge is 0.326 e. The van der Waals surface area contributed by atoms with E-state index in [1.54, 1.807) is 6.08 Å². The highest BCUT2D eigenvalue weighted by Crippen LogP contribution is 2.04. The quantitative estimate of drug-likeness (QED) is 0.668. The first-order chi connectivity index (χ1) is 6.51. The van der Waals surface area contributed by atoms with E-state index in [4.69, 9.17) is 0 Å². The smallest absolute Gasteiger partial charge is 0.226 e. The molecule has 0 aliphatic carbocycles. The van der Waals surface area contributed by atoms with Crippen molar-refractivity contribution < 1.29 is 4.79 Å². The van der Waals surface area contributed by atoms with Gasteiger partial charge in [-0.25, -0.2) is 0 Å². The summed E-state index contributed by atoms with van der Waals surface area (Å²) < 4.78 is 0. The van der Waals surface area contributed by atoms with E-state index >= 15 is 0 Å². The molecule has 0 rings (SSSR count). The summed E-state index contributed by atoms with van der Waals surface area (Å²) in [6.45, 7) is 13.2. The molecular formula is C12H19NO. The zero-order valence-corrected chi connectivity index (χ0v) is 9.26. The predicted octanol–water partition coefficient (Wildman–Crippen LogP) is 2.79. The number of rotatable bonds is 5. The van der Waals surface area contributed by atoms with E-state index < -0.39 is 0 Å². The van der Waals surface area contributed by atoms with Gasteiger partial charge >= 0.3 is 0 Å². The molecule has 14 heavy (non-hydrogen) atoms. The van der Waals surface area contributed by atoms with Gasteiger partial charge in [-0.05, 0) is 18.1 Å². The highest BCUT2D eigenvalue weighted by atomic mass is 16.1. The normalized spacial score (nSPS) is 11.3. The Morgan fingerprint density at radius 2 is 2.07 bits per heavy atom. The van der Waals surface area contributed by atoms with Crippen LogP contribution in [0.15, 0.2) is 36.6 Å². The lowest BCUT2D eigenvalue weighted by atomic mass is 10.1. The van der Waals surface area contributed by atoms with E-state index in [2.05, 4.69) is 18.5 Å². The minimum atomic E-state index is -0.0195. The van der Waals surface area contributed by atoms with E-state index in [0.717, 1.165) is 12.0 Å². The highest BCUT2D eigenvalue weighted by molar-refractivity contribution is 5.80. The number of carbonyl (C=O) groups excluding carboxylic acids is 1. The van der Waals surface area contributed by atoms with Crippen LogP contribution in [0.25, 0.3) is 0 Å². The average molecular weight is 193 g/mol. The van der Waals surface area contributed by atoms with Gasteiger partial charge in [0.2, 0.25) is 5.91 Å². The molecule has 0 saturated carbocycles. The van der Waals surface area contributed by atoms with Crippen LogP contribution in [-0.4, -0.2) is 5.91 Å². The van der Waals surface area contributed by atoms with E-state index in [-0.39, 0.29) is 11.8 Å². The molecule has 0 unspecified atom stereocenters. The first-order valence-corrected chi connectivity index (χ1v) is 4.84. The summed E-state index contributed by atoms with van der Waals surface area (Å²) in [5.41, 5.74) is 1.69. The number of hydrogen-bond acceptors (Lipinski definition) is 1. The Morgan fingerprint density at radius 1 is 1.50 bits per heavy atom. The van der Waals surface area contributed by atoms with Gasteiger partial charge in [-0.3, -0.25) is 4.79 Å². The third kappa shape index (κ3) is 4.65. The molecule has 1 amide bonds. The third-order valence-electron chi connectivity index (χ3n) is 1.84. The van der Waals surface area contributed by atoms with Crippen LogP contribution in [0.4, 0.5) is 0 Å². The van der Waals surface area contributed by atoms with Gasteiger partial charge in [0.25, 0.3) is 0 Å². The second-order valence-electron chi connectivity index (χ2n) is 3.45. The standard InChI is InChI=1S/C12H19NO/c1-6-11(7-2)8-10(5)13-12(14)9(3)4/h6,8-9H,1,5,7H2,2-4H3,(H,13,14)/b11-8+. The molecule has 0 bridgehead atoms. The molecule has 0 radical (unpaired) electrons. The molecule has 0 aliphatic rings. The summed E-state index contributed by atoms with van der Waals surface area (Å²) in [7, 11) is 0. The van der Waals surface area contributed by atoms with Crippen molar-refractivity contribution in [3.8, 4) is 0 Å². The maximum absolute atomic E-state index is 11.3. The lowest BCUT2D eigenvalue weighted by Gasteiger charge is -2.07. The average Bonchev–Trinajstić information content (AvgIpc) is 2.13. The number of carbonyl (C=O) groups is 1. The van der Waals surface area contributed by atoms with Crippen molar-refractivity contribution in [3.05, 3.63) is 36.6 Å². The van der Waals surface area contributed by atoms with Crippen LogP contribution >= 0.6 is 0 Å². The predicted molar refractivity (Wildman–Crippen MR) is 60.7 cm³/mol. The molecule has 0 fully saturated rings. The molecule has 1 N–H and O–H groups in total. The fourth-order valence-corrected chi connectivity index (χ4v) is 0.868. The van der Waals surface area contributed by atoms with Crippen molar-refractivity contribution in [1.82, 2.24) is 5.32 Å². The number of amides is 1. The molecule has 0 aliphatic heterocycles. The van der Waals surface area contributed by atoms with Gasteiger partial charge < -0.3 is 5.32 Å². The number of allylic oxidation sites excluding steroid dienone is 3. The van der Waals surface area contributed by atoms with Crippen molar-refractivity contribution in [1.29, 1.82) is 0 Å². The number of hydrogen-bond donors (Lipinski definition) is 1. The van der Waals surface area contributed by atoms with Gasteiger partial charge in [0.05, 0.1) is 0 Å². The summed E-state index contributed by atoms with van der Waals surface area (Å²) in [5, 5.41) is 2.72. The zero-order chi connectivity index (χ0) is 11.1. The molecule has 0 heterocycles. The molecule has 2 nitrogen and oxygen atoms in total. The molecule has 0 aromatic heterocycles. The molecule has 0 atom stereocenters. The van der Waals surface area contributed by atoms with E-state index in [0.29, 0.717) is 5.70 Å². The van der Waals surface area contributed by atoms with E-state index in [1.807, 2.05) is 26.8 Å². The van der Waals surface area contributed by atoms with Crippen LogP contribution in [0.5, 0.6) is 0 Å². The Bertz CT molecular complexity index is 261. The van der Waals surface area contributed by atoms with E-state index in [9.17, 15) is 4.79 Å². The Balaban J connectivity index is 4.29. The second-order valence-corrected chi connectivity index (χ2v) is 3.45.